The van der Waals surface area contributed by atoms with E-state index in [0.29, 0.717) is 18.0 Å². The molecule has 0 aromatic heterocycles. The van der Waals surface area contributed by atoms with E-state index in [9.17, 15) is 8.42 Å². The van der Waals surface area contributed by atoms with Gasteiger partial charge in [0, 0.05) is 0 Å². The van der Waals surface area contributed by atoms with Gasteiger partial charge in [0.05, 0.1) is 9.73 Å². The SMILES string of the molecule is N#[N+]NS(=O)(=O)c1ccc(Oc2ccc(CCN)cc2)cc1. The monoisotopic (exact) mass is 319 g/mol. The topological polar surface area (TPSA) is 110 Å². The van der Waals surface area contributed by atoms with Crippen LogP contribution in [0, 0.1) is 5.39 Å². The third kappa shape index (κ3) is 3.94. The summed E-state index contributed by atoms with van der Waals surface area (Å²) in [6, 6.07) is 13.2. The summed E-state index contributed by atoms with van der Waals surface area (Å²) in [5, 5.41) is 10.7. The minimum atomic E-state index is -3.85. The van der Waals surface area contributed by atoms with Gasteiger partial charge in [-0.2, -0.15) is 8.42 Å². The first kappa shape index (κ1) is 15.8. The zero-order valence-electron chi connectivity index (χ0n) is 11.6. The molecule has 2 rings (SSSR count). The Labute approximate surface area is 128 Å². The van der Waals surface area contributed by atoms with Gasteiger partial charge in [-0.05, 0) is 54.9 Å². The number of ether oxygens (including phenoxy) is 1. The summed E-state index contributed by atoms with van der Waals surface area (Å²) >= 11 is 0. The highest BCUT2D eigenvalue weighted by Crippen LogP contribution is 2.23. The molecule has 0 aliphatic rings. The van der Waals surface area contributed by atoms with Crippen molar-refractivity contribution >= 4 is 10.0 Å². The van der Waals surface area contributed by atoms with E-state index in [-0.39, 0.29) is 4.90 Å². The van der Waals surface area contributed by atoms with Crippen LogP contribution < -0.4 is 15.3 Å². The highest BCUT2D eigenvalue weighted by Gasteiger charge is 2.18. The van der Waals surface area contributed by atoms with Gasteiger partial charge in [-0.15, -0.1) is 0 Å². The minimum Gasteiger partial charge on any atom is -0.457 e. The maximum Gasteiger partial charge on any atom is 0.323 e. The maximum absolute atomic E-state index is 11.6. The fourth-order valence-electron chi connectivity index (χ4n) is 1.82. The number of nitrogens with zero attached hydrogens (tertiary/aromatic N) is 2. The molecule has 0 heterocycles. The van der Waals surface area contributed by atoms with Crippen molar-refractivity contribution in [3.05, 3.63) is 59.2 Å². The Balaban J connectivity index is 2.10. The Morgan fingerprint density at radius 2 is 1.59 bits per heavy atom. The molecule has 3 N–H and O–H groups in total. The van der Waals surface area contributed by atoms with E-state index in [4.69, 9.17) is 15.9 Å². The summed E-state index contributed by atoms with van der Waals surface area (Å²) in [7, 11) is -3.85. The molecule has 7 nitrogen and oxygen atoms in total. The molecule has 114 valence electrons. The van der Waals surface area contributed by atoms with E-state index in [1.165, 1.54) is 24.3 Å². The number of benzene rings is 2. The zero-order chi connectivity index (χ0) is 16.0. The zero-order valence-corrected chi connectivity index (χ0v) is 12.5. The lowest BCUT2D eigenvalue weighted by Crippen LogP contribution is -2.15. The van der Waals surface area contributed by atoms with Crippen LogP contribution in [-0.2, 0) is 16.4 Å². The molecule has 0 radical (unpaired) electrons. The normalized spacial score (nSPS) is 10.7. The molecule has 0 saturated heterocycles. The van der Waals surface area contributed by atoms with Gasteiger partial charge in [0.25, 0.3) is 5.39 Å². The molecule has 22 heavy (non-hydrogen) atoms. The van der Waals surface area contributed by atoms with Crippen molar-refractivity contribution in [2.75, 3.05) is 6.54 Å². The Kier molecular flexibility index (Phi) is 4.93. The Morgan fingerprint density at radius 3 is 2.09 bits per heavy atom. The Hall–Kier alpha value is -2.63. The van der Waals surface area contributed by atoms with Crippen molar-refractivity contribution in [3.63, 3.8) is 0 Å². The van der Waals surface area contributed by atoms with Gasteiger partial charge >= 0.3 is 15.1 Å². The Bertz CT molecular complexity index is 765. The van der Waals surface area contributed by atoms with Crippen molar-refractivity contribution in [2.24, 2.45) is 5.73 Å². The molecule has 2 aromatic rings. The van der Waals surface area contributed by atoms with Gasteiger partial charge in [0.2, 0.25) is 0 Å². The van der Waals surface area contributed by atoms with Crippen LogP contribution in [0.25, 0.3) is 5.08 Å². The first-order valence-electron chi connectivity index (χ1n) is 6.48. The molecule has 0 aliphatic heterocycles. The minimum absolute atomic E-state index is 0.0315. The highest BCUT2D eigenvalue weighted by molar-refractivity contribution is 7.89. The molecule has 0 atom stereocenters. The summed E-state index contributed by atoms with van der Waals surface area (Å²) in [5.41, 5.74) is 6.61. The summed E-state index contributed by atoms with van der Waals surface area (Å²) in [5.74, 6) is 1.13. The average Bonchev–Trinajstić information content (AvgIpc) is 2.50. The first-order chi connectivity index (χ1) is 10.5. The summed E-state index contributed by atoms with van der Waals surface area (Å²) in [6.07, 6.45) is 0.801. The van der Waals surface area contributed by atoms with Gasteiger partial charge < -0.3 is 10.5 Å². The molecule has 0 bridgehead atoms. The smallest absolute Gasteiger partial charge is 0.323 e. The van der Waals surface area contributed by atoms with Gasteiger partial charge in [-0.3, -0.25) is 0 Å². The second kappa shape index (κ2) is 6.89. The predicted octanol–water partition coefficient (Wildman–Crippen LogP) is 2.03. The maximum atomic E-state index is 11.6. The molecule has 0 spiro atoms. The fraction of sp³-hybridized carbons (Fsp3) is 0.143. The number of hydrogen-bond donors (Lipinski definition) is 2. The van der Waals surface area contributed by atoms with Gasteiger partial charge in [0.15, 0.2) is 0 Å². The molecule has 0 saturated carbocycles. The molecule has 0 amide bonds. The first-order valence-corrected chi connectivity index (χ1v) is 7.96. The van der Waals surface area contributed by atoms with Crippen molar-refractivity contribution < 1.29 is 13.2 Å². The summed E-state index contributed by atoms with van der Waals surface area (Å²) in [6.45, 7) is 0.588. The third-order valence-electron chi connectivity index (χ3n) is 2.89. The summed E-state index contributed by atoms with van der Waals surface area (Å²) < 4.78 is 28.8. The fourth-order valence-corrected chi connectivity index (χ4v) is 2.53. The van der Waals surface area contributed by atoms with Crippen LogP contribution in [0.2, 0.25) is 0 Å². The quantitative estimate of drug-likeness (QED) is 0.625. The van der Waals surface area contributed by atoms with Crippen molar-refractivity contribution in [3.8, 4) is 11.5 Å². The second-order valence-electron chi connectivity index (χ2n) is 4.45. The van der Waals surface area contributed by atoms with E-state index < -0.39 is 10.0 Å². The molecule has 2 aromatic carbocycles. The summed E-state index contributed by atoms with van der Waals surface area (Å²) in [4.78, 5) is 1.60. The van der Waals surface area contributed by atoms with Gasteiger partial charge in [-0.25, -0.2) is 0 Å². The average molecular weight is 319 g/mol. The van der Waals surface area contributed by atoms with Crippen molar-refractivity contribution in [1.82, 2.24) is 4.83 Å². The molecule has 0 fully saturated rings. The molecule has 0 aliphatic carbocycles. The van der Waals surface area contributed by atoms with E-state index in [1.54, 1.807) is 4.83 Å². The van der Waals surface area contributed by atoms with Crippen LogP contribution >= 0.6 is 0 Å². The lowest BCUT2D eigenvalue weighted by atomic mass is 10.1. The van der Waals surface area contributed by atoms with Crippen LogP contribution in [0.5, 0.6) is 11.5 Å². The van der Waals surface area contributed by atoms with Gasteiger partial charge in [0.1, 0.15) is 11.5 Å². The van der Waals surface area contributed by atoms with Crippen LogP contribution in [0.3, 0.4) is 0 Å². The number of hydrogen-bond acceptors (Lipinski definition) is 5. The predicted molar refractivity (Wildman–Crippen MR) is 81.1 cm³/mol. The number of rotatable bonds is 6. The number of nitrogens with one attached hydrogen (secondary N) is 1. The molecular formula is C14H15N4O3S+. The Morgan fingerprint density at radius 1 is 1.05 bits per heavy atom. The lowest BCUT2D eigenvalue weighted by Gasteiger charge is -2.07. The number of diazo groups is 1. The van der Waals surface area contributed by atoms with E-state index in [2.05, 4.69) is 5.08 Å². The largest absolute Gasteiger partial charge is 0.457 e. The van der Waals surface area contributed by atoms with Crippen LogP contribution in [0.4, 0.5) is 0 Å². The van der Waals surface area contributed by atoms with Crippen LogP contribution in [-0.4, -0.2) is 15.0 Å². The van der Waals surface area contributed by atoms with E-state index in [0.717, 1.165) is 12.0 Å². The van der Waals surface area contributed by atoms with E-state index in [1.807, 2.05) is 24.3 Å². The second-order valence-corrected chi connectivity index (χ2v) is 6.11. The number of sulfonamides is 1. The standard InChI is InChI=1S/C14H15N4O3S/c15-10-9-11-1-3-12(4-2-11)21-13-5-7-14(8-6-13)22(19,20)18-17-16/h1-8,18H,9-10,15H2/q+1. The number of nitrogens with two attached hydrogens (primary N) is 1. The van der Waals surface area contributed by atoms with Crippen LogP contribution in [0.1, 0.15) is 5.56 Å². The lowest BCUT2D eigenvalue weighted by molar-refractivity contribution is 0.482. The molecule has 0 unspecified atom stereocenters. The van der Waals surface area contributed by atoms with Crippen molar-refractivity contribution in [2.45, 2.75) is 11.3 Å². The highest BCUT2D eigenvalue weighted by atomic mass is 32.2. The third-order valence-corrected chi connectivity index (χ3v) is 4.10. The van der Waals surface area contributed by atoms with Crippen LogP contribution in [0.15, 0.2) is 53.4 Å². The van der Waals surface area contributed by atoms with Gasteiger partial charge in [-0.1, -0.05) is 12.1 Å². The molecular weight excluding hydrogens is 304 g/mol. The molecule has 8 heteroatoms. The van der Waals surface area contributed by atoms with Crippen molar-refractivity contribution in [1.29, 1.82) is 5.39 Å². The van der Waals surface area contributed by atoms with E-state index >= 15 is 0 Å².